The topological polar surface area (TPSA) is 187 Å². The van der Waals surface area contributed by atoms with E-state index in [-0.39, 0.29) is 41.2 Å². The van der Waals surface area contributed by atoms with E-state index in [9.17, 15) is 9.59 Å². The van der Waals surface area contributed by atoms with Crippen LogP contribution in [-0.2, 0) is 48.7 Å². The number of nitrogens with zero attached hydrogens (tertiary/aromatic N) is 5. The molecule has 0 saturated carbocycles. The molecule has 2 aromatic heterocycles. The molecule has 0 radical (unpaired) electrons. The van der Waals surface area contributed by atoms with Gasteiger partial charge in [-0.2, -0.15) is 0 Å². The Morgan fingerprint density at radius 3 is 2.26 bits per heavy atom. The number of hydrogen-bond donors (Lipinski definition) is 2. The number of ether oxygens (including phenoxy) is 6. The molecule has 4 aromatic rings. The van der Waals surface area contributed by atoms with Crippen LogP contribution in [0.1, 0.15) is 97.6 Å². The van der Waals surface area contributed by atoms with E-state index in [0.29, 0.717) is 95.3 Å². The monoisotopic (exact) mass is 1020 g/mol. The van der Waals surface area contributed by atoms with E-state index in [4.69, 9.17) is 40.3 Å². The van der Waals surface area contributed by atoms with Gasteiger partial charge in [-0.1, -0.05) is 58.0 Å². The molecular weight excluding hydrogens is 944 g/mol. The largest absolute Gasteiger partial charge is 0.400 e. The second-order valence-corrected chi connectivity index (χ2v) is 21.4. The Kier molecular flexibility index (Phi) is 25.1. The van der Waals surface area contributed by atoms with Crippen LogP contribution >= 0.6 is 30.1 Å². The fraction of sp³-hybridized carbons (Fsp3) is 0.612. The minimum absolute atomic E-state index is 0.0838. The summed E-state index contributed by atoms with van der Waals surface area (Å²) < 4.78 is 65.9. The van der Waals surface area contributed by atoms with Gasteiger partial charge in [0.2, 0.25) is 1.43 Å². The number of imidazole rings is 1. The van der Waals surface area contributed by atoms with Gasteiger partial charge in [-0.05, 0) is 91.5 Å². The van der Waals surface area contributed by atoms with Gasteiger partial charge in [0.1, 0.15) is 24.3 Å². The number of ketones is 1. The Bertz CT molecular complexity index is 2130. The number of amides is 1. The number of carbonyl (C=O) groups is 2. The highest BCUT2D eigenvalue weighted by molar-refractivity contribution is 8.77. The first kappa shape index (κ1) is 55.2. The van der Waals surface area contributed by atoms with Gasteiger partial charge in [0.15, 0.2) is 23.2 Å². The number of aliphatic hydroxyl groups is 1. The van der Waals surface area contributed by atoms with Crippen LogP contribution in [0.3, 0.4) is 0 Å². The number of carbonyl (C=O) groups excluding carboxylic acids is 2. The minimum Gasteiger partial charge on any atom is -0.400 e. The smallest absolute Gasteiger partial charge is 0.259 e. The van der Waals surface area contributed by atoms with Crippen molar-refractivity contribution in [2.24, 2.45) is 0 Å². The average Bonchev–Trinajstić information content (AvgIpc) is 3.95. The molecule has 3 heterocycles. The van der Waals surface area contributed by atoms with Crippen molar-refractivity contribution in [3.8, 4) is 0 Å². The molecule has 1 aliphatic heterocycles. The lowest BCUT2D eigenvalue weighted by molar-refractivity contribution is -0.119. The maximum absolute atomic E-state index is 13.0. The van der Waals surface area contributed by atoms with Crippen LogP contribution in [0.5, 0.6) is 0 Å². The Balaban J connectivity index is 0.00000356. The third-order valence-electron chi connectivity index (χ3n) is 10.7. The third-order valence-corrected chi connectivity index (χ3v) is 16.3. The molecule has 1 amide bonds. The standard InChI is InChI=1S/C48H71N6O10PS2.CH4O/c1-34(2)54(35(3)4)65(64-42-36(5)63-47(43(42)58-9)53-33-51-41-44(49-32-50-45(41)53)52-46(56)38-17-11-10-12-18-38)62-25-22-37-16-13-14-20-40(37)66-67-48(6,7)23-21-39(55)19-15-24-59-28-29-61-31-30-60-27-26-57-8;1-2/h10-14,16-18,20,32-36,42-43,47H,15,19,21-31H2,1-9H3,(H,49,50,52,56);2H,1H3/i5D;2T. The first-order chi connectivity index (χ1) is 34.3. The fourth-order valence-electron chi connectivity index (χ4n) is 7.28. The SMILES string of the molecule is [2H]CC1OC(n2cnc3c(NC(=O)c4ccccc4)ncnc32)C(OC)C1OP(OCCc1ccccc1SSC(C)(C)CCC(=O)CCCOCCOCCOCCOC)N(C(C)C)C(C)C.[3H]OC. The lowest BCUT2D eigenvalue weighted by Gasteiger charge is -2.38. The first-order valence-corrected chi connectivity index (χ1v) is 26.6. The van der Waals surface area contributed by atoms with Gasteiger partial charge >= 0.3 is 0 Å². The Morgan fingerprint density at radius 2 is 1.59 bits per heavy atom. The van der Waals surface area contributed by atoms with Crippen molar-refractivity contribution in [1.29, 1.82) is 1.43 Å². The van der Waals surface area contributed by atoms with Gasteiger partial charge < -0.3 is 47.9 Å². The summed E-state index contributed by atoms with van der Waals surface area (Å²) in [6.07, 6.45) is 3.37. The summed E-state index contributed by atoms with van der Waals surface area (Å²) in [4.78, 5) is 40.4. The number of benzene rings is 2. The molecule has 0 spiro atoms. The third kappa shape index (κ3) is 18.8. The normalized spacial score (nSPS) is 18.1. The lowest BCUT2D eigenvalue weighted by Crippen LogP contribution is -2.39. The number of anilines is 1. The van der Waals surface area contributed by atoms with Crippen LogP contribution in [0.25, 0.3) is 11.2 Å². The second kappa shape index (κ2) is 31.3. The zero-order chi connectivity index (χ0) is 51.6. The van der Waals surface area contributed by atoms with Crippen LogP contribution in [-0.4, -0.2) is 152 Å². The number of Topliss-reactive ketones (excluding diaryl/α,β-unsaturated/α-hetero) is 1. The molecule has 69 heavy (non-hydrogen) atoms. The number of aromatic nitrogens is 4. The van der Waals surface area contributed by atoms with Crippen molar-refractivity contribution in [2.45, 2.75) is 127 Å². The highest BCUT2D eigenvalue weighted by Gasteiger charge is 2.48. The van der Waals surface area contributed by atoms with Gasteiger partial charge in [0, 0.05) is 69.4 Å². The summed E-state index contributed by atoms with van der Waals surface area (Å²) in [5.74, 6) is 0.192. The molecule has 17 nitrogen and oxygen atoms in total. The summed E-state index contributed by atoms with van der Waals surface area (Å²) in [6, 6.07) is 17.4. The van der Waals surface area contributed by atoms with E-state index in [1.807, 2.05) is 18.2 Å². The van der Waals surface area contributed by atoms with E-state index in [2.05, 4.69) is 83.7 Å². The number of fused-ring (bicyclic) bond motifs is 1. The molecule has 0 bridgehead atoms. The van der Waals surface area contributed by atoms with Crippen LogP contribution in [0.15, 0.2) is 72.1 Å². The van der Waals surface area contributed by atoms with Crippen molar-refractivity contribution >= 4 is 58.8 Å². The van der Waals surface area contributed by atoms with Crippen LogP contribution in [0.2, 0.25) is 0 Å². The van der Waals surface area contributed by atoms with Gasteiger partial charge in [-0.3, -0.25) is 14.2 Å². The van der Waals surface area contributed by atoms with Gasteiger partial charge in [0.25, 0.3) is 14.4 Å². The zero-order valence-corrected chi connectivity index (χ0v) is 44.2. The van der Waals surface area contributed by atoms with Crippen molar-refractivity contribution in [3.63, 3.8) is 0 Å². The molecule has 1 saturated heterocycles. The highest BCUT2D eigenvalue weighted by Crippen LogP contribution is 2.51. The van der Waals surface area contributed by atoms with E-state index in [0.717, 1.165) is 16.9 Å². The van der Waals surface area contributed by atoms with Gasteiger partial charge in [-0.25, -0.2) is 19.6 Å². The lowest BCUT2D eigenvalue weighted by atomic mass is 10.0. The minimum atomic E-state index is -1.66. The average molecular weight is 1020 g/mol. The molecule has 5 rings (SSSR count). The van der Waals surface area contributed by atoms with E-state index in [1.54, 1.807) is 71.0 Å². The maximum atomic E-state index is 13.0. The Morgan fingerprint density at radius 1 is 0.928 bits per heavy atom. The Hall–Kier alpha value is -3.14. The zero-order valence-electron chi connectivity index (χ0n) is 43.7. The van der Waals surface area contributed by atoms with Crippen LogP contribution in [0, 0.1) is 0 Å². The summed E-state index contributed by atoms with van der Waals surface area (Å²) in [5.41, 5.74) is 2.46. The van der Waals surface area contributed by atoms with Crippen LogP contribution in [0.4, 0.5) is 5.82 Å². The molecule has 20 heteroatoms. The quantitative estimate of drug-likeness (QED) is 0.0268. The van der Waals surface area contributed by atoms with Crippen molar-refractivity contribution in [2.75, 3.05) is 79.5 Å². The molecule has 0 aliphatic carbocycles. The number of nitrogens with one attached hydrogen (secondary N) is 1. The van der Waals surface area contributed by atoms with E-state index >= 15 is 0 Å². The number of methoxy groups -OCH3 is 2. The van der Waals surface area contributed by atoms with E-state index in [1.165, 1.54) is 13.4 Å². The number of aliphatic hydroxyl groups excluding tert-OH is 1. The molecular formula is C49H75N6O11PS2. The van der Waals surface area contributed by atoms with Crippen LogP contribution < -0.4 is 5.32 Å². The number of rotatable bonds is 32. The fourth-order valence-corrected chi connectivity index (χ4v) is 11.6. The van der Waals surface area contributed by atoms with Gasteiger partial charge in [0.05, 0.1) is 58.7 Å². The molecule has 384 valence electrons. The second-order valence-electron chi connectivity index (χ2n) is 17.1. The highest BCUT2D eigenvalue weighted by atomic mass is 33.1. The van der Waals surface area contributed by atoms with Crippen molar-refractivity contribution in [3.05, 3.63) is 78.4 Å². The molecule has 5 unspecified atom stereocenters. The summed E-state index contributed by atoms with van der Waals surface area (Å²) in [5, 5.41) is 6.36. The molecule has 1 fully saturated rings. The predicted molar refractivity (Wildman–Crippen MR) is 274 cm³/mol. The van der Waals surface area contributed by atoms with Crippen molar-refractivity contribution in [1.82, 2.24) is 24.2 Å². The first-order valence-electron chi connectivity index (χ1n) is 24.5. The summed E-state index contributed by atoms with van der Waals surface area (Å²) in [6.45, 7) is 16.9. The maximum Gasteiger partial charge on any atom is 0.259 e. The summed E-state index contributed by atoms with van der Waals surface area (Å²) in [7, 11) is 6.39. The molecule has 5 atom stereocenters. The molecule has 1 aliphatic rings. The number of hydrogen-bond acceptors (Lipinski definition) is 17. The predicted octanol–water partition coefficient (Wildman–Crippen LogP) is 8.95. The van der Waals surface area contributed by atoms with E-state index < -0.39 is 33.1 Å². The summed E-state index contributed by atoms with van der Waals surface area (Å²) >= 11 is 0. The molecule has 2 aromatic carbocycles. The molecule has 2 N–H and O–H groups in total. The van der Waals surface area contributed by atoms with Gasteiger partial charge in [-0.15, -0.1) is 0 Å². The Labute approximate surface area is 421 Å². The van der Waals surface area contributed by atoms with Crippen molar-refractivity contribution < 1.29 is 53.5 Å².